The fourth-order valence-corrected chi connectivity index (χ4v) is 2.01. The van der Waals surface area contributed by atoms with Gasteiger partial charge in [0.1, 0.15) is 0 Å². The molecule has 3 aromatic heterocycles. The van der Waals surface area contributed by atoms with Crippen LogP contribution >= 0.6 is 11.3 Å². The van der Waals surface area contributed by atoms with Gasteiger partial charge in [0.05, 0.1) is 10.6 Å². The molecule has 0 aliphatic rings. The molecule has 0 radical (unpaired) electrons. The first kappa shape index (κ1) is 7.57. The van der Waals surface area contributed by atoms with Gasteiger partial charge in [-0.1, -0.05) is 11.2 Å². The zero-order valence-corrected chi connectivity index (χ0v) is 7.85. The van der Waals surface area contributed by atoms with Crippen LogP contribution in [0.1, 0.15) is 0 Å². The first-order chi connectivity index (χ1) is 6.95. The van der Waals surface area contributed by atoms with Gasteiger partial charge in [-0.3, -0.25) is 0 Å². The van der Waals surface area contributed by atoms with Gasteiger partial charge in [-0.2, -0.15) is 4.52 Å². The van der Waals surface area contributed by atoms with Crippen LogP contribution in [0.5, 0.6) is 0 Å². The molecule has 0 unspecified atom stereocenters. The summed E-state index contributed by atoms with van der Waals surface area (Å²) in [4.78, 5) is 5.17. The van der Waals surface area contributed by atoms with Crippen molar-refractivity contribution in [1.82, 2.24) is 25.0 Å². The molecule has 68 valence electrons. The monoisotopic (exact) mass is 203 g/mol. The van der Waals surface area contributed by atoms with Crippen molar-refractivity contribution < 1.29 is 0 Å². The lowest BCUT2D eigenvalue weighted by Crippen LogP contribution is -1.94. The predicted molar refractivity (Wildman–Crippen MR) is 51.9 cm³/mol. The normalized spacial score (nSPS) is 10.9. The summed E-state index contributed by atoms with van der Waals surface area (Å²) < 4.78 is 1.63. The number of tetrazole rings is 1. The van der Waals surface area contributed by atoms with Gasteiger partial charge < -0.3 is 0 Å². The van der Waals surface area contributed by atoms with Crippen LogP contribution in [0.4, 0.5) is 0 Å². The highest BCUT2D eigenvalue weighted by molar-refractivity contribution is 7.13. The quantitative estimate of drug-likeness (QED) is 0.597. The average molecular weight is 203 g/mol. The number of hydrogen-bond acceptors (Lipinski definition) is 5. The molecule has 3 heterocycles. The minimum Gasteiger partial charge on any atom is -0.218 e. The molecule has 0 amide bonds. The summed E-state index contributed by atoms with van der Waals surface area (Å²) in [6.07, 6.45) is 1.71. The van der Waals surface area contributed by atoms with Gasteiger partial charge in [-0.25, -0.2) is 4.98 Å². The molecular weight excluding hydrogens is 198 g/mol. The van der Waals surface area contributed by atoms with Crippen LogP contribution in [0.15, 0.2) is 29.8 Å². The molecule has 0 saturated heterocycles. The van der Waals surface area contributed by atoms with Gasteiger partial charge in [0.25, 0.3) is 5.78 Å². The number of hydrogen-bond donors (Lipinski definition) is 0. The lowest BCUT2D eigenvalue weighted by Gasteiger charge is -1.97. The molecule has 0 aliphatic heterocycles. The third-order valence-electron chi connectivity index (χ3n) is 1.88. The molecule has 0 N–H and O–H groups in total. The maximum absolute atomic E-state index is 4.04. The molecular formula is C8H5N5S. The van der Waals surface area contributed by atoms with Gasteiger partial charge in [-0.05, 0) is 27.9 Å². The summed E-state index contributed by atoms with van der Waals surface area (Å²) in [6, 6.07) is 5.92. The standard InChI is InChI=1S/C8H5N5S/c1-2-7(14-5-1)6-3-4-9-8-10-11-12-13(6)8/h1-5H. The van der Waals surface area contributed by atoms with Crippen molar-refractivity contribution in [1.29, 1.82) is 0 Å². The second kappa shape index (κ2) is 2.85. The van der Waals surface area contributed by atoms with Crippen LogP contribution in [-0.4, -0.2) is 25.0 Å². The minimum absolute atomic E-state index is 0.524. The number of rotatable bonds is 1. The molecule has 0 fully saturated rings. The molecule has 0 atom stereocenters. The highest BCUT2D eigenvalue weighted by Gasteiger charge is 2.06. The zero-order chi connectivity index (χ0) is 9.38. The van der Waals surface area contributed by atoms with E-state index >= 15 is 0 Å². The summed E-state index contributed by atoms with van der Waals surface area (Å²) in [5.41, 5.74) is 0.968. The summed E-state index contributed by atoms with van der Waals surface area (Å²) in [5.74, 6) is 0.524. The van der Waals surface area contributed by atoms with E-state index in [-0.39, 0.29) is 0 Å². The van der Waals surface area contributed by atoms with Crippen molar-refractivity contribution in [3.05, 3.63) is 29.8 Å². The SMILES string of the molecule is c1csc(-c2ccnc3nnnn23)c1. The second-order valence-corrected chi connectivity index (χ2v) is 3.65. The molecule has 14 heavy (non-hydrogen) atoms. The van der Waals surface area contributed by atoms with Crippen molar-refractivity contribution in [2.45, 2.75) is 0 Å². The number of aromatic nitrogens is 5. The van der Waals surface area contributed by atoms with Crippen LogP contribution in [-0.2, 0) is 0 Å². The van der Waals surface area contributed by atoms with E-state index in [1.807, 2.05) is 23.6 Å². The third kappa shape index (κ3) is 1.01. The Morgan fingerprint density at radius 1 is 1.29 bits per heavy atom. The summed E-state index contributed by atoms with van der Waals surface area (Å²) in [5, 5.41) is 13.3. The largest absolute Gasteiger partial charge is 0.273 e. The first-order valence-corrected chi connectivity index (χ1v) is 4.90. The Kier molecular flexibility index (Phi) is 1.54. The smallest absolute Gasteiger partial charge is 0.218 e. The molecule has 6 heteroatoms. The fraction of sp³-hybridized carbons (Fsp3) is 0. The van der Waals surface area contributed by atoms with Crippen molar-refractivity contribution in [3.63, 3.8) is 0 Å². The summed E-state index contributed by atoms with van der Waals surface area (Å²) in [6.45, 7) is 0. The van der Waals surface area contributed by atoms with E-state index < -0.39 is 0 Å². The number of nitrogens with zero attached hydrogens (tertiary/aromatic N) is 5. The number of thiophene rings is 1. The lowest BCUT2D eigenvalue weighted by molar-refractivity contribution is 0.827. The fourth-order valence-electron chi connectivity index (χ4n) is 1.27. The molecule has 3 rings (SSSR count). The van der Waals surface area contributed by atoms with Gasteiger partial charge in [0.15, 0.2) is 0 Å². The number of fused-ring (bicyclic) bond motifs is 1. The van der Waals surface area contributed by atoms with E-state index in [2.05, 4.69) is 20.5 Å². The second-order valence-electron chi connectivity index (χ2n) is 2.70. The van der Waals surface area contributed by atoms with Gasteiger partial charge >= 0.3 is 0 Å². The zero-order valence-electron chi connectivity index (χ0n) is 7.03. The van der Waals surface area contributed by atoms with Crippen LogP contribution in [0.3, 0.4) is 0 Å². The molecule has 0 aliphatic carbocycles. The molecule has 3 aromatic rings. The highest BCUT2D eigenvalue weighted by Crippen LogP contribution is 2.23. The molecule has 0 saturated carbocycles. The Morgan fingerprint density at radius 3 is 3.14 bits per heavy atom. The maximum atomic E-state index is 4.04. The van der Waals surface area contributed by atoms with E-state index in [1.165, 1.54) is 0 Å². The lowest BCUT2D eigenvalue weighted by atomic mass is 10.3. The first-order valence-electron chi connectivity index (χ1n) is 4.02. The molecule has 5 nitrogen and oxygen atoms in total. The van der Waals surface area contributed by atoms with E-state index in [4.69, 9.17) is 0 Å². The molecule has 0 bridgehead atoms. The van der Waals surface area contributed by atoms with E-state index in [0.717, 1.165) is 10.6 Å². The van der Waals surface area contributed by atoms with Crippen LogP contribution < -0.4 is 0 Å². The topological polar surface area (TPSA) is 56.0 Å². The third-order valence-corrected chi connectivity index (χ3v) is 2.77. The average Bonchev–Trinajstić information content (AvgIpc) is 2.88. The van der Waals surface area contributed by atoms with Crippen LogP contribution in [0.2, 0.25) is 0 Å². The van der Waals surface area contributed by atoms with E-state index in [1.54, 1.807) is 22.0 Å². The maximum Gasteiger partial charge on any atom is 0.273 e. The Balaban J connectivity index is 2.36. The molecule has 0 aromatic carbocycles. The van der Waals surface area contributed by atoms with Crippen LogP contribution in [0, 0.1) is 0 Å². The molecule has 0 spiro atoms. The minimum atomic E-state index is 0.524. The van der Waals surface area contributed by atoms with Crippen molar-refractivity contribution in [2.75, 3.05) is 0 Å². The Hall–Kier alpha value is -1.82. The summed E-state index contributed by atoms with van der Waals surface area (Å²) >= 11 is 1.65. The van der Waals surface area contributed by atoms with Gasteiger partial charge in [0.2, 0.25) is 0 Å². The van der Waals surface area contributed by atoms with Crippen molar-refractivity contribution in [2.24, 2.45) is 0 Å². The van der Waals surface area contributed by atoms with E-state index in [0.29, 0.717) is 5.78 Å². The van der Waals surface area contributed by atoms with Crippen molar-refractivity contribution >= 4 is 17.1 Å². The van der Waals surface area contributed by atoms with Crippen molar-refractivity contribution in [3.8, 4) is 10.6 Å². The Labute approximate surface area is 83.0 Å². The van der Waals surface area contributed by atoms with E-state index in [9.17, 15) is 0 Å². The highest BCUT2D eigenvalue weighted by atomic mass is 32.1. The van der Waals surface area contributed by atoms with Crippen LogP contribution in [0.25, 0.3) is 16.3 Å². The Bertz CT molecular complexity index is 556. The van der Waals surface area contributed by atoms with Gasteiger partial charge in [0, 0.05) is 6.20 Å². The van der Waals surface area contributed by atoms with Gasteiger partial charge in [-0.15, -0.1) is 11.3 Å². The Morgan fingerprint density at radius 2 is 2.29 bits per heavy atom. The predicted octanol–water partition coefficient (Wildman–Crippen LogP) is 1.25. The summed E-state index contributed by atoms with van der Waals surface area (Å²) in [7, 11) is 0.